The van der Waals surface area contributed by atoms with Gasteiger partial charge in [-0.25, -0.2) is 4.52 Å². The number of hydrogen-bond donors (Lipinski definition) is 0. The molecule has 4 aromatic carbocycles. The molecule has 3 heterocycles. The van der Waals surface area contributed by atoms with E-state index in [0.717, 1.165) is 44.6 Å². The molecule has 1 saturated heterocycles. The van der Waals surface area contributed by atoms with E-state index in [0.29, 0.717) is 0 Å². The van der Waals surface area contributed by atoms with Gasteiger partial charge in [0.25, 0.3) is 0 Å². The highest BCUT2D eigenvalue weighted by Gasteiger charge is 2.51. The second-order valence-corrected chi connectivity index (χ2v) is 11.5. The average Bonchev–Trinajstić information content (AvgIpc) is 3.48. The normalized spacial score (nSPS) is 16.1. The first-order valence-electron chi connectivity index (χ1n) is 13.8. The lowest BCUT2D eigenvalue weighted by atomic mass is 9.78. The van der Waals surface area contributed by atoms with E-state index in [2.05, 4.69) is 141 Å². The van der Waals surface area contributed by atoms with Gasteiger partial charge in [-0.05, 0) is 50.2 Å². The lowest BCUT2D eigenvalue weighted by Gasteiger charge is -2.32. The van der Waals surface area contributed by atoms with Gasteiger partial charge < -0.3 is 9.31 Å². The van der Waals surface area contributed by atoms with Crippen molar-refractivity contribution in [2.24, 2.45) is 0 Å². The largest absolute Gasteiger partial charge is 0.494 e. The molecule has 0 spiro atoms. The van der Waals surface area contributed by atoms with Crippen LogP contribution in [0.3, 0.4) is 0 Å². The Bertz CT molecular complexity index is 1840. The summed E-state index contributed by atoms with van der Waals surface area (Å²) in [4.78, 5) is 0. The molecule has 2 aromatic heterocycles. The van der Waals surface area contributed by atoms with Crippen molar-refractivity contribution in [3.05, 3.63) is 115 Å². The van der Waals surface area contributed by atoms with Crippen molar-refractivity contribution in [1.29, 1.82) is 0 Å². The van der Waals surface area contributed by atoms with E-state index in [4.69, 9.17) is 14.4 Å². The molecule has 6 aromatic rings. The Morgan fingerprint density at radius 3 is 1.93 bits per heavy atom. The fourth-order valence-corrected chi connectivity index (χ4v) is 5.59. The van der Waals surface area contributed by atoms with Crippen molar-refractivity contribution in [2.45, 2.75) is 38.9 Å². The lowest BCUT2D eigenvalue weighted by molar-refractivity contribution is 0.00578. The van der Waals surface area contributed by atoms with Crippen molar-refractivity contribution in [2.75, 3.05) is 0 Å². The number of pyridine rings is 1. The summed E-state index contributed by atoms with van der Waals surface area (Å²) in [5.41, 5.74) is 7.64. The Morgan fingerprint density at radius 2 is 1.23 bits per heavy atom. The van der Waals surface area contributed by atoms with Crippen LogP contribution in [-0.4, -0.2) is 27.9 Å². The smallest absolute Gasteiger partial charge is 0.399 e. The molecule has 1 aliphatic heterocycles. The van der Waals surface area contributed by atoms with Crippen LogP contribution in [-0.2, 0) is 9.31 Å². The number of hydrogen-bond acceptors (Lipinski definition) is 3. The van der Waals surface area contributed by atoms with Crippen LogP contribution in [0.2, 0.25) is 0 Å². The highest BCUT2D eigenvalue weighted by atomic mass is 16.7. The fraction of sp³-hybridized carbons (Fsp3) is 0.171. The van der Waals surface area contributed by atoms with E-state index in [-0.39, 0.29) is 0 Å². The number of benzene rings is 4. The molecule has 0 unspecified atom stereocenters. The van der Waals surface area contributed by atoms with E-state index < -0.39 is 18.3 Å². The van der Waals surface area contributed by atoms with Crippen molar-refractivity contribution >= 4 is 28.9 Å². The summed E-state index contributed by atoms with van der Waals surface area (Å²) in [6.45, 7) is 8.34. The van der Waals surface area contributed by atoms with Gasteiger partial charge >= 0.3 is 7.12 Å². The van der Waals surface area contributed by atoms with Crippen LogP contribution in [0.5, 0.6) is 0 Å². The summed E-state index contributed by atoms with van der Waals surface area (Å²) in [7, 11) is -0.442. The third-order valence-electron chi connectivity index (χ3n) is 8.44. The van der Waals surface area contributed by atoms with Gasteiger partial charge in [-0.15, -0.1) is 0 Å². The SMILES string of the molecule is CC1(C)OB(c2cccc(-c3nn4c(-c5ccccc5)cc5ccccc5c4c3-c3ccccc3)c2)OC1(C)C. The second-order valence-electron chi connectivity index (χ2n) is 11.5. The third kappa shape index (κ3) is 3.97. The second kappa shape index (κ2) is 9.19. The van der Waals surface area contributed by atoms with Crippen LogP contribution < -0.4 is 5.46 Å². The van der Waals surface area contributed by atoms with E-state index in [9.17, 15) is 0 Å². The molecule has 0 N–H and O–H groups in total. The van der Waals surface area contributed by atoms with Crippen molar-refractivity contribution in [3.8, 4) is 33.6 Å². The summed E-state index contributed by atoms with van der Waals surface area (Å²) < 4.78 is 14.9. The minimum absolute atomic E-state index is 0.407. The number of aromatic nitrogens is 2. The zero-order chi connectivity index (χ0) is 27.5. The van der Waals surface area contributed by atoms with Gasteiger partial charge in [0, 0.05) is 22.1 Å². The average molecular weight is 522 g/mol. The quantitative estimate of drug-likeness (QED) is 0.222. The van der Waals surface area contributed by atoms with Crippen molar-refractivity contribution < 1.29 is 9.31 Å². The molecule has 0 saturated carbocycles. The van der Waals surface area contributed by atoms with Crippen LogP contribution >= 0.6 is 0 Å². The standard InChI is InChI=1S/C35H31BN2O2/c1-34(2)35(3,4)40-36(39-34)28-20-13-19-27(22-28)32-31(25-16-9-6-10-17-25)33-29-21-12-11-18-26(29)23-30(38(33)37-32)24-14-7-5-8-15-24/h5-23H,1-4H3. The zero-order valence-electron chi connectivity index (χ0n) is 23.3. The fourth-order valence-electron chi connectivity index (χ4n) is 5.59. The Labute approximate surface area is 235 Å². The topological polar surface area (TPSA) is 35.8 Å². The van der Waals surface area contributed by atoms with Crippen LogP contribution in [0.25, 0.3) is 49.9 Å². The van der Waals surface area contributed by atoms with Crippen LogP contribution in [0.4, 0.5) is 0 Å². The maximum absolute atomic E-state index is 6.40. The molecule has 0 atom stereocenters. The molecule has 40 heavy (non-hydrogen) atoms. The summed E-state index contributed by atoms with van der Waals surface area (Å²) in [5.74, 6) is 0. The number of nitrogens with zero attached hydrogens (tertiary/aromatic N) is 2. The molecular formula is C35H31BN2O2. The molecule has 1 fully saturated rings. The van der Waals surface area contributed by atoms with E-state index >= 15 is 0 Å². The predicted molar refractivity (Wildman–Crippen MR) is 165 cm³/mol. The predicted octanol–water partition coefficient (Wildman–Crippen LogP) is 7.79. The molecule has 5 heteroatoms. The molecule has 0 amide bonds. The minimum atomic E-state index is -0.442. The van der Waals surface area contributed by atoms with Crippen molar-refractivity contribution in [3.63, 3.8) is 0 Å². The van der Waals surface area contributed by atoms with Gasteiger partial charge in [0.15, 0.2) is 0 Å². The lowest BCUT2D eigenvalue weighted by Crippen LogP contribution is -2.41. The highest BCUT2D eigenvalue weighted by molar-refractivity contribution is 6.62. The van der Waals surface area contributed by atoms with Gasteiger partial charge in [-0.3, -0.25) is 0 Å². The van der Waals surface area contributed by atoms with Crippen LogP contribution in [0.1, 0.15) is 27.7 Å². The van der Waals surface area contributed by atoms with E-state index in [1.807, 2.05) is 6.07 Å². The van der Waals surface area contributed by atoms with Crippen molar-refractivity contribution in [1.82, 2.24) is 9.61 Å². The first-order chi connectivity index (χ1) is 19.3. The zero-order valence-corrected chi connectivity index (χ0v) is 23.3. The Morgan fingerprint density at radius 1 is 0.625 bits per heavy atom. The number of rotatable bonds is 4. The highest BCUT2D eigenvalue weighted by Crippen LogP contribution is 2.41. The summed E-state index contributed by atoms with van der Waals surface area (Å²) in [6.07, 6.45) is 0. The molecule has 4 nitrogen and oxygen atoms in total. The molecule has 0 radical (unpaired) electrons. The first kappa shape index (κ1) is 24.8. The summed E-state index contributed by atoms with van der Waals surface area (Å²) >= 11 is 0. The van der Waals surface area contributed by atoms with Gasteiger partial charge in [-0.1, -0.05) is 109 Å². The Kier molecular flexibility index (Phi) is 5.70. The van der Waals surface area contributed by atoms with Gasteiger partial charge in [0.1, 0.15) is 5.69 Å². The molecule has 196 valence electrons. The molecule has 0 bridgehead atoms. The van der Waals surface area contributed by atoms with Gasteiger partial charge in [0.05, 0.1) is 22.4 Å². The monoisotopic (exact) mass is 522 g/mol. The summed E-state index contributed by atoms with van der Waals surface area (Å²) in [6, 6.07) is 40.3. The summed E-state index contributed by atoms with van der Waals surface area (Å²) in [5, 5.41) is 7.70. The number of fused-ring (bicyclic) bond motifs is 3. The molecular weight excluding hydrogens is 491 g/mol. The van der Waals surface area contributed by atoms with E-state index in [1.165, 1.54) is 10.8 Å². The van der Waals surface area contributed by atoms with E-state index in [1.54, 1.807) is 0 Å². The maximum Gasteiger partial charge on any atom is 0.494 e. The third-order valence-corrected chi connectivity index (χ3v) is 8.44. The van der Waals surface area contributed by atoms with Crippen LogP contribution in [0, 0.1) is 0 Å². The first-order valence-corrected chi connectivity index (χ1v) is 13.8. The maximum atomic E-state index is 6.40. The molecule has 1 aliphatic rings. The minimum Gasteiger partial charge on any atom is -0.399 e. The van der Waals surface area contributed by atoms with Crippen LogP contribution in [0.15, 0.2) is 115 Å². The Balaban J connectivity index is 1.51. The molecule has 7 rings (SSSR count). The van der Waals surface area contributed by atoms with Gasteiger partial charge in [0.2, 0.25) is 0 Å². The Hall–Kier alpha value is -4.19. The van der Waals surface area contributed by atoms with Gasteiger partial charge in [-0.2, -0.15) is 5.10 Å². The molecule has 0 aliphatic carbocycles.